The number of hydrogen-bond acceptors (Lipinski definition) is 3. The average Bonchev–Trinajstić information content (AvgIpc) is 2.35. The lowest BCUT2D eigenvalue weighted by Gasteiger charge is -2.11. The first-order valence-corrected chi connectivity index (χ1v) is 6.54. The first-order chi connectivity index (χ1) is 9.06. The minimum Gasteiger partial charge on any atom is -0.478 e. The zero-order valence-electron chi connectivity index (χ0n) is 10.6. The number of anilines is 1. The van der Waals surface area contributed by atoms with Crippen molar-refractivity contribution in [2.45, 2.75) is 26.2 Å². The lowest BCUT2D eigenvalue weighted by atomic mass is 10.0. The summed E-state index contributed by atoms with van der Waals surface area (Å²) >= 11 is 6.23. The third-order valence-electron chi connectivity index (χ3n) is 3.08. The minimum atomic E-state index is -1.15. The van der Waals surface area contributed by atoms with Gasteiger partial charge in [0.2, 0.25) is 0 Å². The van der Waals surface area contributed by atoms with Crippen LogP contribution in [0.1, 0.15) is 35.7 Å². The summed E-state index contributed by atoms with van der Waals surface area (Å²) < 4.78 is 0. The SMILES string of the molecule is CCCCc1cccc2nc(N)c(C(=O)O)c(Cl)c12. The minimum absolute atomic E-state index is 0.0439. The Hall–Kier alpha value is -1.81. The molecule has 0 amide bonds. The van der Waals surface area contributed by atoms with Gasteiger partial charge in [0, 0.05) is 5.39 Å². The number of aromatic carboxylic acids is 1. The van der Waals surface area contributed by atoms with Crippen LogP contribution in [-0.2, 0) is 6.42 Å². The molecular formula is C14H15ClN2O2. The largest absolute Gasteiger partial charge is 0.478 e. The molecule has 0 aliphatic rings. The molecule has 0 saturated heterocycles. The topological polar surface area (TPSA) is 76.2 Å². The van der Waals surface area contributed by atoms with Crippen molar-refractivity contribution in [3.05, 3.63) is 34.3 Å². The number of nitrogens with two attached hydrogens (primary N) is 1. The van der Waals surface area contributed by atoms with Gasteiger partial charge in [-0.1, -0.05) is 37.1 Å². The van der Waals surface area contributed by atoms with Crippen molar-refractivity contribution in [1.82, 2.24) is 4.98 Å². The van der Waals surface area contributed by atoms with Crippen molar-refractivity contribution in [2.75, 3.05) is 5.73 Å². The van der Waals surface area contributed by atoms with E-state index in [1.54, 1.807) is 6.07 Å². The van der Waals surface area contributed by atoms with E-state index >= 15 is 0 Å². The molecule has 1 heterocycles. The monoisotopic (exact) mass is 278 g/mol. The molecule has 0 aliphatic carbocycles. The van der Waals surface area contributed by atoms with Crippen LogP contribution >= 0.6 is 11.6 Å². The molecule has 0 atom stereocenters. The summed E-state index contributed by atoms with van der Waals surface area (Å²) in [6, 6.07) is 5.63. The van der Waals surface area contributed by atoms with E-state index < -0.39 is 5.97 Å². The van der Waals surface area contributed by atoms with Crippen LogP contribution in [0.2, 0.25) is 5.02 Å². The van der Waals surface area contributed by atoms with Gasteiger partial charge in [-0.3, -0.25) is 0 Å². The normalized spacial score (nSPS) is 10.8. The molecule has 5 heteroatoms. The smallest absolute Gasteiger partial charge is 0.341 e. The summed E-state index contributed by atoms with van der Waals surface area (Å²) in [6.07, 6.45) is 2.92. The summed E-state index contributed by atoms with van der Waals surface area (Å²) in [5.41, 5.74) is 7.20. The van der Waals surface area contributed by atoms with E-state index in [0.717, 1.165) is 24.8 Å². The van der Waals surface area contributed by atoms with E-state index in [9.17, 15) is 4.79 Å². The number of rotatable bonds is 4. The van der Waals surface area contributed by atoms with Gasteiger partial charge in [0.25, 0.3) is 0 Å². The molecule has 19 heavy (non-hydrogen) atoms. The fourth-order valence-corrected chi connectivity index (χ4v) is 2.53. The molecule has 1 aromatic heterocycles. The molecule has 0 spiro atoms. The highest BCUT2D eigenvalue weighted by Gasteiger charge is 2.19. The number of aromatic nitrogens is 1. The van der Waals surface area contributed by atoms with Crippen molar-refractivity contribution >= 4 is 34.3 Å². The number of fused-ring (bicyclic) bond motifs is 1. The lowest BCUT2D eigenvalue weighted by molar-refractivity contribution is 0.0698. The average molecular weight is 279 g/mol. The summed E-state index contributed by atoms with van der Waals surface area (Å²) in [4.78, 5) is 15.3. The second-order valence-electron chi connectivity index (χ2n) is 4.41. The number of pyridine rings is 1. The number of carboxylic acids is 1. The zero-order chi connectivity index (χ0) is 14.0. The van der Waals surface area contributed by atoms with E-state index in [1.165, 1.54) is 0 Å². The molecule has 1 aromatic carbocycles. The summed E-state index contributed by atoms with van der Waals surface area (Å²) in [5, 5.41) is 10.0. The summed E-state index contributed by atoms with van der Waals surface area (Å²) in [5.74, 6) is -1.19. The molecule has 3 N–H and O–H groups in total. The number of hydrogen-bond donors (Lipinski definition) is 2. The third-order valence-corrected chi connectivity index (χ3v) is 3.46. The van der Waals surface area contributed by atoms with E-state index in [1.807, 2.05) is 12.1 Å². The van der Waals surface area contributed by atoms with Crippen molar-refractivity contribution < 1.29 is 9.90 Å². The van der Waals surface area contributed by atoms with Crippen molar-refractivity contribution in [1.29, 1.82) is 0 Å². The zero-order valence-corrected chi connectivity index (χ0v) is 11.4. The van der Waals surface area contributed by atoms with Crippen LogP contribution < -0.4 is 5.73 Å². The highest BCUT2D eigenvalue weighted by Crippen LogP contribution is 2.32. The van der Waals surface area contributed by atoms with Crippen molar-refractivity contribution in [3.63, 3.8) is 0 Å². The molecule has 0 fully saturated rings. The Morgan fingerprint density at radius 3 is 2.84 bits per heavy atom. The summed E-state index contributed by atoms with van der Waals surface area (Å²) in [6.45, 7) is 2.10. The van der Waals surface area contributed by atoms with Gasteiger partial charge in [0.05, 0.1) is 10.5 Å². The van der Waals surface area contributed by atoms with Crippen LogP contribution in [0.4, 0.5) is 5.82 Å². The molecular weight excluding hydrogens is 264 g/mol. The van der Waals surface area contributed by atoms with Gasteiger partial charge < -0.3 is 10.8 Å². The Morgan fingerprint density at radius 1 is 1.47 bits per heavy atom. The molecule has 2 rings (SSSR count). The van der Waals surface area contributed by atoms with Crippen LogP contribution in [-0.4, -0.2) is 16.1 Å². The molecule has 0 bridgehead atoms. The quantitative estimate of drug-likeness (QED) is 0.897. The first kappa shape index (κ1) is 13.6. The first-order valence-electron chi connectivity index (χ1n) is 6.16. The van der Waals surface area contributed by atoms with Gasteiger partial charge in [-0.05, 0) is 24.5 Å². The van der Waals surface area contributed by atoms with Crippen LogP contribution in [0, 0.1) is 0 Å². The van der Waals surface area contributed by atoms with Gasteiger partial charge in [0.15, 0.2) is 0 Å². The second-order valence-corrected chi connectivity index (χ2v) is 4.78. The fourth-order valence-electron chi connectivity index (χ4n) is 2.14. The van der Waals surface area contributed by atoms with Crippen LogP contribution in [0.3, 0.4) is 0 Å². The Balaban J connectivity index is 2.73. The molecule has 0 unspecified atom stereocenters. The molecule has 100 valence electrons. The number of benzene rings is 1. The maximum absolute atomic E-state index is 11.2. The van der Waals surface area contributed by atoms with E-state index in [-0.39, 0.29) is 16.4 Å². The third kappa shape index (κ3) is 2.49. The van der Waals surface area contributed by atoms with Gasteiger partial charge in [0.1, 0.15) is 11.4 Å². The standard InChI is InChI=1S/C14H15ClN2O2/c1-2-3-5-8-6-4-7-9-10(8)12(15)11(14(18)19)13(16)17-9/h4,6-7H,2-3,5H2,1H3,(H2,16,17)(H,18,19). The Morgan fingerprint density at radius 2 is 2.21 bits per heavy atom. The molecule has 4 nitrogen and oxygen atoms in total. The molecule has 2 aromatic rings. The molecule has 0 saturated carbocycles. The number of nitrogen functional groups attached to an aromatic ring is 1. The second kappa shape index (κ2) is 5.45. The molecule has 0 aliphatic heterocycles. The maximum Gasteiger partial charge on any atom is 0.341 e. The van der Waals surface area contributed by atoms with Gasteiger partial charge in [-0.25, -0.2) is 9.78 Å². The number of aryl methyl sites for hydroxylation is 1. The number of unbranched alkanes of at least 4 members (excludes halogenated alkanes) is 1. The Bertz CT molecular complexity index is 641. The van der Waals surface area contributed by atoms with Crippen LogP contribution in [0.5, 0.6) is 0 Å². The van der Waals surface area contributed by atoms with Gasteiger partial charge in [-0.15, -0.1) is 0 Å². The van der Waals surface area contributed by atoms with E-state index in [2.05, 4.69) is 11.9 Å². The van der Waals surface area contributed by atoms with Crippen LogP contribution in [0.15, 0.2) is 18.2 Å². The van der Waals surface area contributed by atoms with Crippen LogP contribution in [0.25, 0.3) is 10.9 Å². The fraction of sp³-hybridized carbons (Fsp3) is 0.286. The highest BCUT2D eigenvalue weighted by molar-refractivity contribution is 6.39. The summed E-state index contributed by atoms with van der Waals surface area (Å²) in [7, 11) is 0. The number of halogens is 1. The van der Waals surface area contributed by atoms with Crippen molar-refractivity contribution in [2.24, 2.45) is 0 Å². The number of carbonyl (C=O) groups is 1. The van der Waals surface area contributed by atoms with E-state index in [0.29, 0.717) is 10.9 Å². The highest BCUT2D eigenvalue weighted by atomic mass is 35.5. The van der Waals surface area contributed by atoms with Crippen molar-refractivity contribution in [3.8, 4) is 0 Å². The Labute approximate surface area is 116 Å². The van der Waals surface area contributed by atoms with Gasteiger partial charge >= 0.3 is 5.97 Å². The molecule has 0 radical (unpaired) electrons. The predicted molar refractivity (Wildman–Crippen MR) is 76.7 cm³/mol. The number of carboxylic acid groups (broad SMARTS) is 1. The number of nitrogens with zero attached hydrogens (tertiary/aromatic N) is 1. The Kier molecular flexibility index (Phi) is 3.90. The lowest BCUT2D eigenvalue weighted by Crippen LogP contribution is -2.07. The maximum atomic E-state index is 11.2. The van der Waals surface area contributed by atoms with E-state index in [4.69, 9.17) is 22.4 Å². The predicted octanol–water partition coefficient (Wildman–Crippen LogP) is 3.51. The van der Waals surface area contributed by atoms with Gasteiger partial charge in [-0.2, -0.15) is 0 Å².